The van der Waals surface area contributed by atoms with Gasteiger partial charge >= 0.3 is 0 Å². The van der Waals surface area contributed by atoms with Crippen LogP contribution in [-0.4, -0.2) is 6.54 Å². The Hall–Kier alpha value is -0.460. The van der Waals surface area contributed by atoms with Crippen molar-refractivity contribution >= 4 is 35.6 Å². The molecule has 0 aliphatic rings. The zero-order chi connectivity index (χ0) is 11.8. The van der Waals surface area contributed by atoms with Crippen LogP contribution >= 0.6 is 35.6 Å². The molecule has 0 unspecified atom stereocenters. The molecule has 0 aliphatic heterocycles. The van der Waals surface area contributed by atoms with Gasteiger partial charge in [0.25, 0.3) is 0 Å². The summed E-state index contributed by atoms with van der Waals surface area (Å²) in [5.74, 6) is 0. The van der Waals surface area contributed by atoms with Gasteiger partial charge in [-0.1, -0.05) is 35.3 Å². The second-order valence-corrected chi connectivity index (χ2v) is 4.29. The molecule has 1 N–H and O–H groups in total. The van der Waals surface area contributed by atoms with Crippen molar-refractivity contribution < 1.29 is 0 Å². The number of benzene rings is 1. The zero-order valence-electron chi connectivity index (χ0n) is 9.38. The molecule has 1 rings (SSSR count). The first-order chi connectivity index (χ1) is 7.75. The Labute approximate surface area is 118 Å². The second-order valence-electron chi connectivity index (χ2n) is 3.50. The molecule has 17 heavy (non-hydrogen) atoms. The average Bonchev–Trinajstić information content (AvgIpc) is 2.29. The predicted octanol–water partition coefficient (Wildman–Crippen LogP) is 4.20. The number of halogens is 3. The zero-order valence-corrected chi connectivity index (χ0v) is 11.7. The van der Waals surface area contributed by atoms with E-state index in [9.17, 15) is 0 Å². The largest absolute Gasteiger partial charge is 0.313 e. The first kappa shape index (κ1) is 16.5. The number of nitrogens with one attached hydrogen (secondary N) is 1. The van der Waals surface area contributed by atoms with E-state index in [-0.39, 0.29) is 12.4 Å². The summed E-state index contributed by atoms with van der Waals surface area (Å²) in [6.07, 6.45) is 2.57. The Morgan fingerprint density at radius 2 is 2.00 bits per heavy atom. The van der Waals surface area contributed by atoms with Crippen LogP contribution in [0.15, 0.2) is 18.2 Å². The van der Waals surface area contributed by atoms with E-state index < -0.39 is 0 Å². The lowest BCUT2D eigenvalue weighted by Crippen LogP contribution is -2.14. The fourth-order valence-corrected chi connectivity index (χ4v) is 1.75. The summed E-state index contributed by atoms with van der Waals surface area (Å²) in [6.45, 7) is 1.61. The van der Waals surface area contributed by atoms with Gasteiger partial charge in [0.05, 0.1) is 16.1 Å². The summed E-state index contributed by atoms with van der Waals surface area (Å²) in [4.78, 5) is 0. The number of rotatable bonds is 6. The topological polar surface area (TPSA) is 35.8 Å². The molecule has 0 saturated carbocycles. The maximum Gasteiger partial charge on any atom is 0.0637 e. The molecular formula is C12H15Cl3N2. The molecule has 0 fully saturated rings. The molecule has 0 bridgehead atoms. The van der Waals surface area contributed by atoms with Crippen molar-refractivity contribution in [3.05, 3.63) is 33.8 Å². The third-order valence-corrected chi connectivity index (χ3v) is 3.10. The van der Waals surface area contributed by atoms with Gasteiger partial charge < -0.3 is 5.32 Å². The van der Waals surface area contributed by atoms with Crippen molar-refractivity contribution in [1.82, 2.24) is 5.32 Å². The van der Waals surface area contributed by atoms with E-state index in [1.54, 1.807) is 6.07 Å². The van der Waals surface area contributed by atoms with E-state index in [0.717, 1.165) is 24.9 Å². The van der Waals surface area contributed by atoms with Crippen molar-refractivity contribution in [1.29, 1.82) is 5.26 Å². The highest BCUT2D eigenvalue weighted by Gasteiger charge is 2.02. The van der Waals surface area contributed by atoms with E-state index >= 15 is 0 Å². The monoisotopic (exact) mass is 292 g/mol. The summed E-state index contributed by atoms with van der Waals surface area (Å²) in [5.41, 5.74) is 1.01. The summed E-state index contributed by atoms with van der Waals surface area (Å²) < 4.78 is 0. The highest BCUT2D eigenvalue weighted by Crippen LogP contribution is 2.25. The highest BCUT2D eigenvalue weighted by molar-refractivity contribution is 6.42. The molecule has 0 saturated heterocycles. The maximum absolute atomic E-state index is 8.37. The van der Waals surface area contributed by atoms with Gasteiger partial charge in [0, 0.05) is 13.0 Å². The molecule has 0 aromatic heterocycles. The van der Waals surface area contributed by atoms with E-state index in [2.05, 4.69) is 11.4 Å². The minimum Gasteiger partial charge on any atom is -0.313 e. The Balaban J connectivity index is 0.00000256. The number of nitrogens with zero attached hydrogens (tertiary/aromatic N) is 1. The van der Waals surface area contributed by atoms with Gasteiger partial charge in [-0.25, -0.2) is 0 Å². The molecule has 94 valence electrons. The minimum absolute atomic E-state index is 0. The third-order valence-electron chi connectivity index (χ3n) is 2.24. The number of hydrogen-bond acceptors (Lipinski definition) is 2. The lowest BCUT2D eigenvalue weighted by molar-refractivity contribution is 0.629. The lowest BCUT2D eigenvalue weighted by atomic mass is 10.2. The van der Waals surface area contributed by atoms with Gasteiger partial charge in [-0.15, -0.1) is 12.4 Å². The van der Waals surface area contributed by atoms with Gasteiger partial charge in [-0.05, 0) is 31.0 Å². The minimum atomic E-state index is 0. The normalized spacial score (nSPS) is 9.47. The second kappa shape index (κ2) is 9.56. The van der Waals surface area contributed by atoms with Crippen molar-refractivity contribution in [3.8, 4) is 6.07 Å². The van der Waals surface area contributed by atoms with Crippen molar-refractivity contribution in [3.63, 3.8) is 0 Å². The molecular weight excluding hydrogens is 279 g/mol. The third kappa shape index (κ3) is 6.14. The van der Waals surface area contributed by atoms with Gasteiger partial charge in [-0.3, -0.25) is 0 Å². The number of nitriles is 1. The molecule has 0 spiro atoms. The van der Waals surface area contributed by atoms with Crippen molar-refractivity contribution in [2.24, 2.45) is 0 Å². The van der Waals surface area contributed by atoms with Crippen LogP contribution in [0.2, 0.25) is 10.0 Å². The summed E-state index contributed by atoms with van der Waals surface area (Å²) >= 11 is 11.9. The van der Waals surface area contributed by atoms with Gasteiger partial charge in [0.15, 0.2) is 0 Å². The van der Waals surface area contributed by atoms with Crippen molar-refractivity contribution in [2.45, 2.75) is 25.8 Å². The van der Waals surface area contributed by atoms with Crippen LogP contribution in [0.5, 0.6) is 0 Å². The Morgan fingerprint density at radius 1 is 1.24 bits per heavy atom. The van der Waals surface area contributed by atoms with Crippen LogP contribution < -0.4 is 5.32 Å². The molecule has 1 aromatic rings. The van der Waals surface area contributed by atoms with E-state index in [1.807, 2.05) is 12.1 Å². The number of unbranched alkanes of at least 4 members (excludes halogenated alkanes) is 2. The smallest absolute Gasteiger partial charge is 0.0637 e. The van der Waals surface area contributed by atoms with Gasteiger partial charge in [-0.2, -0.15) is 5.26 Å². The predicted molar refractivity (Wildman–Crippen MR) is 74.9 cm³/mol. The molecule has 0 heterocycles. The first-order valence-electron chi connectivity index (χ1n) is 5.26. The van der Waals surface area contributed by atoms with E-state index in [4.69, 9.17) is 28.5 Å². The molecule has 5 heteroatoms. The van der Waals surface area contributed by atoms with Crippen LogP contribution in [0.25, 0.3) is 0 Å². The summed E-state index contributed by atoms with van der Waals surface area (Å²) in [7, 11) is 0. The van der Waals surface area contributed by atoms with E-state index in [1.165, 1.54) is 0 Å². The quantitative estimate of drug-likeness (QED) is 0.798. The van der Waals surface area contributed by atoms with Crippen LogP contribution in [0.4, 0.5) is 0 Å². The molecule has 0 aliphatic carbocycles. The molecule has 1 aromatic carbocycles. The molecule has 2 nitrogen and oxygen atoms in total. The first-order valence-corrected chi connectivity index (χ1v) is 6.02. The Kier molecular flexibility index (Phi) is 9.30. The molecule has 0 atom stereocenters. The number of hydrogen-bond donors (Lipinski definition) is 1. The standard InChI is InChI=1S/C12H14Cl2N2.ClH/c13-11-6-4-5-10(12(11)14)9-16-8-3-1-2-7-15;/h4-6,16H,1-3,8-9H2;1H. The summed E-state index contributed by atoms with van der Waals surface area (Å²) in [5, 5.41) is 12.8. The fourth-order valence-electron chi connectivity index (χ4n) is 1.36. The fraction of sp³-hybridized carbons (Fsp3) is 0.417. The van der Waals surface area contributed by atoms with Gasteiger partial charge in [0.2, 0.25) is 0 Å². The lowest BCUT2D eigenvalue weighted by Gasteiger charge is -2.07. The van der Waals surface area contributed by atoms with Crippen LogP contribution in [0.1, 0.15) is 24.8 Å². The van der Waals surface area contributed by atoms with Crippen molar-refractivity contribution in [2.75, 3.05) is 6.54 Å². The highest BCUT2D eigenvalue weighted by atomic mass is 35.5. The SMILES string of the molecule is Cl.N#CCCCCNCc1cccc(Cl)c1Cl. The van der Waals surface area contributed by atoms with Crippen LogP contribution in [-0.2, 0) is 6.54 Å². The van der Waals surface area contributed by atoms with Gasteiger partial charge in [0.1, 0.15) is 0 Å². The Bertz CT molecular complexity index is 375. The average molecular weight is 294 g/mol. The maximum atomic E-state index is 8.37. The molecule has 0 amide bonds. The van der Waals surface area contributed by atoms with Crippen LogP contribution in [0.3, 0.4) is 0 Å². The Morgan fingerprint density at radius 3 is 2.71 bits per heavy atom. The summed E-state index contributed by atoms with van der Waals surface area (Å²) in [6, 6.07) is 7.75. The molecule has 0 radical (unpaired) electrons. The van der Waals surface area contributed by atoms with Crippen LogP contribution in [0, 0.1) is 11.3 Å². The van der Waals surface area contributed by atoms with E-state index in [0.29, 0.717) is 23.0 Å².